The van der Waals surface area contributed by atoms with Crippen LogP contribution in [0, 0.1) is 0 Å². The molecule has 0 saturated heterocycles. The van der Waals surface area contributed by atoms with Gasteiger partial charge in [-0.2, -0.15) is 0 Å². The number of amides is 1. The average molecular weight is 415 g/mol. The Hall–Kier alpha value is -2.57. The molecule has 1 amide bonds. The molecule has 0 fully saturated rings. The van der Waals surface area contributed by atoms with Gasteiger partial charge in [-0.1, -0.05) is 48.0 Å². The number of ether oxygens (including phenoxy) is 1. The van der Waals surface area contributed by atoms with Crippen LogP contribution in [0.3, 0.4) is 0 Å². The highest BCUT2D eigenvalue weighted by atomic mass is 35.5. The smallest absolute Gasteiger partial charge is 0.325 e. The molecule has 1 aromatic heterocycles. The molecule has 0 unspecified atom stereocenters. The number of halogens is 1. The van der Waals surface area contributed by atoms with Crippen LogP contribution in [0.25, 0.3) is 10.9 Å². The van der Waals surface area contributed by atoms with Crippen LogP contribution < -0.4 is 5.32 Å². The number of nitrogens with zero attached hydrogens (tertiary/aromatic N) is 1. The van der Waals surface area contributed by atoms with Crippen LogP contribution in [-0.4, -0.2) is 29.7 Å². The maximum atomic E-state index is 11.9. The summed E-state index contributed by atoms with van der Waals surface area (Å²) in [6, 6.07) is 17.1. The van der Waals surface area contributed by atoms with Crippen molar-refractivity contribution in [1.82, 2.24) is 10.3 Å². The first kappa shape index (κ1) is 20.2. The fourth-order valence-electron chi connectivity index (χ4n) is 2.62. The van der Waals surface area contributed by atoms with E-state index in [1.807, 2.05) is 60.9 Å². The van der Waals surface area contributed by atoms with Crippen molar-refractivity contribution in [2.75, 3.05) is 12.8 Å². The van der Waals surface area contributed by atoms with Gasteiger partial charge in [0.05, 0.1) is 11.9 Å². The van der Waals surface area contributed by atoms with Crippen LogP contribution in [0.1, 0.15) is 11.1 Å². The average Bonchev–Trinajstić information content (AvgIpc) is 2.71. The van der Waals surface area contributed by atoms with Crippen molar-refractivity contribution in [2.45, 2.75) is 17.9 Å². The fourth-order valence-corrected chi connectivity index (χ4v) is 3.25. The SMILES string of the molecule is CSc1ccc2cc(COC(=O)CNC(=O)Cc3ccccc3)c(Cl)nc2c1. The number of benzene rings is 2. The number of rotatable bonds is 7. The summed E-state index contributed by atoms with van der Waals surface area (Å²) in [5.74, 6) is -0.770. The summed E-state index contributed by atoms with van der Waals surface area (Å²) in [4.78, 5) is 29.3. The first-order valence-electron chi connectivity index (χ1n) is 8.64. The van der Waals surface area contributed by atoms with Gasteiger partial charge >= 0.3 is 5.97 Å². The van der Waals surface area contributed by atoms with Gasteiger partial charge in [-0.05, 0) is 30.0 Å². The lowest BCUT2D eigenvalue weighted by Gasteiger charge is -2.09. The molecular formula is C21H19ClN2O3S. The summed E-state index contributed by atoms with van der Waals surface area (Å²) in [5.41, 5.74) is 2.29. The molecule has 28 heavy (non-hydrogen) atoms. The molecule has 0 aliphatic carbocycles. The highest BCUT2D eigenvalue weighted by Gasteiger charge is 2.11. The van der Waals surface area contributed by atoms with Crippen LogP contribution in [0.2, 0.25) is 5.15 Å². The van der Waals surface area contributed by atoms with E-state index in [1.54, 1.807) is 11.8 Å². The molecule has 1 heterocycles. The minimum Gasteiger partial charge on any atom is -0.459 e. The first-order chi connectivity index (χ1) is 13.5. The highest BCUT2D eigenvalue weighted by molar-refractivity contribution is 7.98. The number of pyridine rings is 1. The zero-order valence-corrected chi connectivity index (χ0v) is 16.8. The normalized spacial score (nSPS) is 10.6. The third-order valence-corrected chi connectivity index (χ3v) is 5.13. The molecular weight excluding hydrogens is 396 g/mol. The number of carbonyl (C=O) groups is 2. The van der Waals surface area contributed by atoms with Crippen molar-refractivity contribution in [1.29, 1.82) is 0 Å². The van der Waals surface area contributed by atoms with E-state index in [4.69, 9.17) is 16.3 Å². The van der Waals surface area contributed by atoms with E-state index in [0.29, 0.717) is 10.7 Å². The second-order valence-electron chi connectivity index (χ2n) is 6.10. The van der Waals surface area contributed by atoms with Crippen LogP contribution in [0.15, 0.2) is 59.5 Å². The predicted molar refractivity (Wildman–Crippen MR) is 111 cm³/mol. The van der Waals surface area contributed by atoms with Gasteiger partial charge in [-0.25, -0.2) is 4.98 Å². The third-order valence-electron chi connectivity index (χ3n) is 4.08. The van der Waals surface area contributed by atoms with Gasteiger partial charge in [0.1, 0.15) is 18.3 Å². The van der Waals surface area contributed by atoms with E-state index in [-0.39, 0.29) is 25.5 Å². The Kier molecular flexibility index (Phi) is 6.90. The number of esters is 1. The van der Waals surface area contributed by atoms with Crippen molar-refractivity contribution >= 4 is 46.1 Å². The predicted octanol–water partition coefficient (Wildman–Crippen LogP) is 4.01. The van der Waals surface area contributed by atoms with Crippen molar-refractivity contribution < 1.29 is 14.3 Å². The number of aromatic nitrogens is 1. The van der Waals surface area contributed by atoms with Gasteiger partial charge in [0.25, 0.3) is 0 Å². The molecule has 0 saturated carbocycles. The molecule has 0 atom stereocenters. The van der Waals surface area contributed by atoms with Crippen LogP contribution in [-0.2, 0) is 27.4 Å². The molecule has 3 rings (SSSR count). The Morgan fingerprint density at radius 1 is 1.14 bits per heavy atom. The topological polar surface area (TPSA) is 68.3 Å². The summed E-state index contributed by atoms with van der Waals surface area (Å²) < 4.78 is 5.22. The van der Waals surface area contributed by atoms with Crippen LogP contribution in [0.4, 0.5) is 0 Å². The highest BCUT2D eigenvalue weighted by Crippen LogP contribution is 2.25. The minimum atomic E-state index is -0.532. The number of hydrogen-bond donors (Lipinski definition) is 1. The van der Waals surface area contributed by atoms with E-state index in [1.165, 1.54) is 0 Å². The molecule has 2 aromatic carbocycles. The molecule has 0 aliphatic heterocycles. The molecule has 1 N–H and O–H groups in total. The number of fused-ring (bicyclic) bond motifs is 1. The number of nitrogens with one attached hydrogen (secondary N) is 1. The fraction of sp³-hybridized carbons (Fsp3) is 0.190. The molecule has 0 bridgehead atoms. The Bertz CT molecular complexity index is 996. The number of hydrogen-bond acceptors (Lipinski definition) is 5. The van der Waals surface area contributed by atoms with Crippen molar-refractivity contribution in [3.8, 4) is 0 Å². The lowest BCUT2D eigenvalue weighted by atomic mass is 10.1. The maximum absolute atomic E-state index is 11.9. The Morgan fingerprint density at radius 2 is 1.93 bits per heavy atom. The van der Waals surface area contributed by atoms with Gasteiger partial charge < -0.3 is 10.1 Å². The Morgan fingerprint density at radius 3 is 2.68 bits per heavy atom. The minimum absolute atomic E-state index is 0.000554. The van der Waals surface area contributed by atoms with E-state index < -0.39 is 5.97 Å². The molecule has 144 valence electrons. The van der Waals surface area contributed by atoms with Crippen LogP contribution in [0.5, 0.6) is 0 Å². The van der Waals surface area contributed by atoms with Crippen molar-refractivity contribution in [3.05, 3.63) is 70.9 Å². The zero-order chi connectivity index (χ0) is 19.9. The molecule has 0 aliphatic rings. The van der Waals surface area contributed by atoms with Gasteiger partial charge in [-0.15, -0.1) is 11.8 Å². The second kappa shape index (κ2) is 9.57. The van der Waals surface area contributed by atoms with E-state index in [9.17, 15) is 9.59 Å². The standard InChI is InChI=1S/C21H19ClN2O3S/c1-28-17-8-7-15-10-16(21(22)24-18(15)11-17)13-27-20(26)12-23-19(25)9-14-5-3-2-4-6-14/h2-8,10-11H,9,12-13H2,1H3,(H,23,25). The summed E-state index contributed by atoms with van der Waals surface area (Å²) in [7, 11) is 0. The molecule has 5 nitrogen and oxygen atoms in total. The lowest BCUT2D eigenvalue weighted by molar-refractivity contribution is -0.145. The molecule has 0 radical (unpaired) electrons. The van der Waals surface area contributed by atoms with Gasteiger partial charge in [-0.3, -0.25) is 9.59 Å². The molecule has 7 heteroatoms. The quantitative estimate of drug-likeness (QED) is 0.359. The molecule has 3 aromatic rings. The van der Waals surface area contributed by atoms with Crippen molar-refractivity contribution in [3.63, 3.8) is 0 Å². The number of thioether (sulfide) groups is 1. The van der Waals surface area contributed by atoms with Gasteiger partial charge in [0, 0.05) is 15.8 Å². The lowest BCUT2D eigenvalue weighted by Crippen LogP contribution is -2.31. The van der Waals surface area contributed by atoms with E-state index >= 15 is 0 Å². The van der Waals surface area contributed by atoms with Gasteiger partial charge in [0.15, 0.2) is 0 Å². The zero-order valence-electron chi connectivity index (χ0n) is 15.3. The van der Waals surface area contributed by atoms with Crippen molar-refractivity contribution in [2.24, 2.45) is 0 Å². The first-order valence-corrected chi connectivity index (χ1v) is 10.2. The largest absolute Gasteiger partial charge is 0.459 e. The summed E-state index contributed by atoms with van der Waals surface area (Å²) in [6.45, 7) is -0.194. The van der Waals surface area contributed by atoms with Gasteiger partial charge in [0.2, 0.25) is 5.91 Å². The summed E-state index contributed by atoms with van der Waals surface area (Å²) >= 11 is 7.85. The Labute approximate surface area is 172 Å². The number of carbonyl (C=O) groups excluding carboxylic acids is 2. The third kappa shape index (κ3) is 5.47. The monoisotopic (exact) mass is 414 g/mol. The molecule has 0 spiro atoms. The maximum Gasteiger partial charge on any atom is 0.325 e. The van der Waals surface area contributed by atoms with E-state index in [2.05, 4.69) is 10.3 Å². The Balaban J connectivity index is 1.52. The van der Waals surface area contributed by atoms with E-state index in [0.717, 1.165) is 21.4 Å². The van der Waals surface area contributed by atoms with Crippen LogP contribution >= 0.6 is 23.4 Å². The second-order valence-corrected chi connectivity index (χ2v) is 7.33. The summed E-state index contributed by atoms with van der Waals surface area (Å²) in [6.07, 6.45) is 2.21. The summed E-state index contributed by atoms with van der Waals surface area (Å²) in [5, 5.41) is 3.78.